The number of aliphatic hydroxyl groups is 4. The third-order valence-electron chi connectivity index (χ3n) is 7.13. The summed E-state index contributed by atoms with van der Waals surface area (Å²) in [5, 5.41) is 41.1. The molecule has 4 rings (SSSR count). The highest BCUT2D eigenvalue weighted by atomic mass is 79.9. The van der Waals surface area contributed by atoms with E-state index in [0.717, 1.165) is 75.8 Å². The first-order valence-corrected chi connectivity index (χ1v) is 20.2. The van der Waals surface area contributed by atoms with Gasteiger partial charge in [0, 0.05) is 21.5 Å². The molecule has 1 aromatic carbocycles. The van der Waals surface area contributed by atoms with Crippen LogP contribution in [0.25, 0.3) is 0 Å². The molecule has 1 aliphatic heterocycles. The smallest absolute Gasteiger partial charge is 0.354 e. The van der Waals surface area contributed by atoms with Gasteiger partial charge >= 0.3 is 5.69 Å². The summed E-state index contributed by atoms with van der Waals surface area (Å²) in [6.07, 6.45) is 2.88. The molecule has 0 bridgehead atoms. The summed E-state index contributed by atoms with van der Waals surface area (Å²) < 4.78 is 58.7. The number of rotatable bonds is 12. The zero-order chi connectivity index (χ0) is 36.9. The number of aromatic nitrogens is 3. The lowest BCUT2D eigenvalue weighted by molar-refractivity contribution is -0.0554. The third kappa shape index (κ3) is 15.9. The molecule has 2 aromatic rings. The minimum absolute atomic E-state index is 0.0476. The van der Waals surface area contributed by atoms with Gasteiger partial charge in [0.15, 0.2) is 6.23 Å². The number of hydrogen-bond acceptors (Lipinski definition) is 17. The zero-order valence-corrected chi connectivity index (χ0v) is 31.7. The van der Waals surface area contributed by atoms with Crippen LogP contribution in [0.4, 0.5) is 11.6 Å². The van der Waals surface area contributed by atoms with Crippen molar-refractivity contribution in [2.24, 2.45) is 0 Å². The zero-order valence-electron chi connectivity index (χ0n) is 26.9. The lowest BCUT2D eigenvalue weighted by Gasteiger charge is -2.26. The standard InChI is InChI=1S/C13H18Br2N2O.C8H12N4O5.C6H14O6S2/c14-9-5-8(13(16)12(15)6-9)7-17-10-1-3-11(18)4-2-10;9-7-10-2-12(8(16)11-7)6-5(15)4(14)3(1-13)17-6;1-13(7,8)11-5-3-4-6-12-14(2,9)10/h5-6,10-11,17-18H,1-4,7,16H2;2-6,13-15H,1H2,(H2,9,11,16);3-6H2,1-2H3/t10-,11-;3-,4-,5+,6-;/m.1./s1. The number of halogens is 2. The van der Waals surface area contributed by atoms with E-state index in [4.69, 9.17) is 21.3 Å². The van der Waals surface area contributed by atoms with E-state index in [1.807, 2.05) is 12.1 Å². The molecule has 0 amide bonds. The Morgan fingerprint density at radius 2 is 1.55 bits per heavy atom. The minimum atomic E-state index is -3.40. The molecule has 0 spiro atoms. The maximum absolute atomic E-state index is 11.5. The van der Waals surface area contributed by atoms with Gasteiger partial charge in [-0.1, -0.05) is 15.9 Å². The van der Waals surface area contributed by atoms with Crippen molar-refractivity contribution in [3.8, 4) is 0 Å². The van der Waals surface area contributed by atoms with Crippen molar-refractivity contribution in [3.63, 3.8) is 0 Å². The summed E-state index contributed by atoms with van der Waals surface area (Å²) in [5.74, 6) is -0.196. The van der Waals surface area contributed by atoms with Gasteiger partial charge in [0.05, 0.1) is 44.1 Å². The second-order valence-corrected chi connectivity index (χ2v) is 16.3. The molecule has 0 unspecified atom stereocenters. The highest BCUT2D eigenvalue weighted by molar-refractivity contribution is 9.11. The summed E-state index contributed by atoms with van der Waals surface area (Å²) in [5.41, 5.74) is 12.4. The van der Waals surface area contributed by atoms with Crippen LogP contribution in [0.3, 0.4) is 0 Å². The maximum Gasteiger partial charge on any atom is 0.354 e. The average Bonchev–Trinajstić information content (AvgIpc) is 3.29. The maximum atomic E-state index is 11.5. The fourth-order valence-electron chi connectivity index (χ4n) is 4.58. The van der Waals surface area contributed by atoms with Gasteiger partial charge in [-0.15, -0.1) is 0 Å². The fraction of sp³-hybridized carbons (Fsp3) is 0.667. The predicted octanol–water partition coefficient (Wildman–Crippen LogP) is -0.262. The Balaban J connectivity index is 0.000000258. The highest BCUT2D eigenvalue weighted by Crippen LogP contribution is 2.29. The lowest BCUT2D eigenvalue weighted by atomic mass is 9.93. The van der Waals surface area contributed by atoms with Crippen LogP contribution >= 0.6 is 31.9 Å². The summed E-state index contributed by atoms with van der Waals surface area (Å²) in [6.45, 7) is 0.391. The number of nitrogen functional groups attached to an aromatic ring is 2. The first-order chi connectivity index (χ1) is 22.8. The minimum Gasteiger partial charge on any atom is -0.398 e. The van der Waals surface area contributed by atoms with Crippen LogP contribution in [0.1, 0.15) is 50.3 Å². The van der Waals surface area contributed by atoms with E-state index in [9.17, 15) is 36.9 Å². The number of nitrogens with zero attached hydrogens (tertiary/aromatic N) is 3. The van der Waals surface area contributed by atoms with E-state index in [-0.39, 0.29) is 25.3 Å². The number of nitrogens with one attached hydrogen (secondary N) is 1. The molecule has 0 radical (unpaired) electrons. The van der Waals surface area contributed by atoms with Crippen LogP contribution in [-0.4, -0.2) is 115 Å². The molecule has 49 heavy (non-hydrogen) atoms. The Bertz CT molecular complexity index is 1580. The summed E-state index contributed by atoms with van der Waals surface area (Å²) in [7, 11) is -6.80. The Hall–Kier alpha value is -1.83. The van der Waals surface area contributed by atoms with Crippen LogP contribution in [0, 0.1) is 0 Å². The molecule has 280 valence electrons. The summed E-state index contributed by atoms with van der Waals surface area (Å²) in [6, 6.07) is 4.49. The van der Waals surface area contributed by atoms with Crippen molar-refractivity contribution in [2.75, 3.05) is 43.8 Å². The van der Waals surface area contributed by atoms with E-state index in [2.05, 4.69) is 55.5 Å². The SMILES string of the molecule is CS(=O)(=O)OCCCCOS(C)(=O)=O.Nc1c(Br)cc(Br)cc1CN[C@H]1CC[C@H](O)CC1.Nc1ncn([C@@H]2O[C@H](CO)[C@@H](O)[C@@H]2O)c(=O)n1. The Morgan fingerprint density at radius 1 is 0.980 bits per heavy atom. The molecular weight excluding hydrogens is 824 g/mol. The highest BCUT2D eigenvalue weighted by Gasteiger charge is 2.43. The largest absolute Gasteiger partial charge is 0.398 e. The first-order valence-electron chi connectivity index (χ1n) is 15.0. The molecule has 4 atom stereocenters. The number of nitrogens with two attached hydrogens (primary N) is 2. The monoisotopic (exact) mass is 866 g/mol. The van der Waals surface area contributed by atoms with Crippen LogP contribution in [0.15, 0.2) is 32.2 Å². The molecule has 2 aliphatic rings. The lowest BCUT2D eigenvalue weighted by Crippen LogP contribution is -2.36. The molecule has 18 nitrogen and oxygen atoms in total. The first kappa shape index (κ1) is 43.3. The number of anilines is 2. The van der Waals surface area contributed by atoms with Gasteiger partial charge in [-0.25, -0.2) is 9.78 Å². The third-order valence-corrected chi connectivity index (χ3v) is 9.43. The van der Waals surface area contributed by atoms with Crippen LogP contribution < -0.4 is 22.5 Å². The van der Waals surface area contributed by atoms with Crippen molar-refractivity contribution in [3.05, 3.63) is 43.5 Å². The van der Waals surface area contributed by atoms with Crippen molar-refractivity contribution in [1.29, 1.82) is 0 Å². The molecule has 2 heterocycles. The van der Waals surface area contributed by atoms with Gasteiger partial charge in [0.2, 0.25) is 5.95 Å². The van der Waals surface area contributed by atoms with Crippen molar-refractivity contribution < 1.29 is 50.4 Å². The predicted molar refractivity (Wildman–Crippen MR) is 186 cm³/mol. The van der Waals surface area contributed by atoms with Crippen LogP contribution in [-0.2, 0) is 39.9 Å². The number of hydrogen-bond donors (Lipinski definition) is 7. The van der Waals surface area contributed by atoms with E-state index in [0.29, 0.717) is 18.9 Å². The molecule has 1 saturated carbocycles. The molecule has 1 aromatic heterocycles. The molecule has 9 N–H and O–H groups in total. The molecule has 1 aliphatic carbocycles. The quantitative estimate of drug-likeness (QED) is 0.0822. The molecule has 22 heteroatoms. The normalized spacial score (nSPS) is 24.0. The molecule has 2 fully saturated rings. The fourth-order valence-corrected chi connectivity index (χ4v) is 6.74. The van der Waals surface area contributed by atoms with Gasteiger partial charge in [0.25, 0.3) is 20.2 Å². The number of aliphatic hydroxyl groups excluding tert-OH is 4. The van der Waals surface area contributed by atoms with Gasteiger partial charge in [0.1, 0.15) is 24.6 Å². The van der Waals surface area contributed by atoms with Crippen molar-refractivity contribution in [2.45, 2.75) is 81.8 Å². The second kappa shape index (κ2) is 20.3. The topological polar surface area (TPSA) is 289 Å². The van der Waals surface area contributed by atoms with E-state index in [1.54, 1.807) is 0 Å². The summed E-state index contributed by atoms with van der Waals surface area (Å²) >= 11 is 6.93. The van der Waals surface area contributed by atoms with Crippen molar-refractivity contribution >= 4 is 63.7 Å². The van der Waals surface area contributed by atoms with E-state index in [1.165, 1.54) is 0 Å². The second-order valence-electron chi connectivity index (χ2n) is 11.2. The number of benzene rings is 1. The average molecular weight is 869 g/mol. The number of unbranched alkanes of at least 4 members (excludes halogenated alkanes) is 1. The number of ether oxygens (including phenoxy) is 1. The van der Waals surface area contributed by atoms with Gasteiger partial charge in [-0.2, -0.15) is 21.8 Å². The van der Waals surface area contributed by atoms with E-state index < -0.39 is 57.1 Å². The Morgan fingerprint density at radius 3 is 2.04 bits per heavy atom. The van der Waals surface area contributed by atoms with Gasteiger partial charge < -0.3 is 41.9 Å². The Labute approximate surface area is 301 Å². The Kier molecular flexibility index (Phi) is 17.9. The molecule has 1 saturated heterocycles. The van der Waals surface area contributed by atoms with Crippen molar-refractivity contribution in [1.82, 2.24) is 19.9 Å². The van der Waals surface area contributed by atoms with Gasteiger partial charge in [-0.3, -0.25) is 12.9 Å². The van der Waals surface area contributed by atoms with Crippen LogP contribution in [0.5, 0.6) is 0 Å². The van der Waals surface area contributed by atoms with Gasteiger partial charge in [-0.05, 0) is 72.2 Å². The molecular formula is C27H44Br2N6O12S2. The van der Waals surface area contributed by atoms with E-state index >= 15 is 0 Å². The van der Waals surface area contributed by atoms with Crippen LogP contribution in [0.2, 0.25) is 0 Å². The summed E-state index contributed by atoms with van der Waals surface area (Å²) in [4.78, 5) is 18.4.